The second-order valence-electron chi connectivity index (χ2n) is 9.73. The molecule has 0 bridgehead atoms. The molecule has 0 aliphatic carbocycles. The first-order valence-electron chi connectivity index (χ1n) is 13.4. The summed E-state index contributed by atoms with van der Waals surface area (Å²) >= 11 is 21.1. The third-order valence-corrected chi connectivity index (χ3v) is 10.2. The number of amides is 2. The highest BCUT2D eigenvalue weighted by Gasteiger charge is 2.22. The number of hydrazone groups is 1. The average molecular weight is 724 g/mol. The molecule has 0 atom stereocenters. The van der Waals surface area contributed by atoms with Crippen LogP contribution in [0.2, 0.25) is 15.1 Å². The number of halogens is 3. The second kappa shape index (κ2) is 13.5. The number of para-hydroxylation sites is 1. The van der Waals surface area contributed by atoms with Crippen molar-refractivity contribution in [2.24, 2.45) is 5.10 Å². The van der Waals surface area contributed by atoms with Crippen molar-refractivity contribution in [3.63, 3.8) is 0 Å². The molecule has 0 aliphatic heterocycles. The number of hydrogen-bond donors (Lipinski definition) is 2. The summed E-state index contributed by atoms with van der Waals surface area (Å²) in [6.07, 6.45) is 1.31. The number of nitrogens with zero attached hydrogens (tertiary/aromatic N) is 2. The highest BCUT2D eigenvalue weighted by atomic mass is 35.5. The van der Waals surface area contributed by atoms with E-state index >= 15 is 0 Å². The van der Waals surface area contributed by atoms with Crippen LogP contribution in [0.15, 0.2) is 90.0 Å². The Kier molecular flexibility index (Phi) is 9.21. The van der Waals surface area contributed by atoms with E-state index in [-0.39, 0.29) is 26.9 Å². The minimum atomic E-state index is -0.755. The molecule has 15 heteroatoms. The number of thiophene rings is 2. The van der Waals surface area contributed by atoms with Gasteiger partial charge in [-0.25, -0.2) is 10.2 Å². The van der Waals surface area contributed by atoms with E-state index in [1.165, 1.54) is 47.9 Å². The van der Waals surface area contributed by atoms with Crippen LogP contribution in [0, 0.1) is 10.1 Å². The number of benzene rings is 4. The van der Waals surface area contributed by atoms with Crippen molar-refractivity contribution in [3.05, 3.63) is 131 Å². The predicted octanol–water partition coefficient (Wildman–Crippen LogP) is 9.22. The van der Waals surface area contributed by atoms with Crippen LogP contribution in [-0.4, -0.2) is 28.9 Å². The van der Waals surface area contributed by atoms with Crippen LogP contribution in [-0.2, 0) is 0 Å². The van der Waals surface area contributed by atoms with E-state index in [1.54, 1.807) is 54.6 Å². The molecule has 0 spiro atoms. The van der Waals surface area contributed by atoms with Gasteiger partial charge in [0.25, 0.3) is 17.5 Å². The van der Waals surface area contributed by atoms with Gasteiger partial charge in [-0.2, -0.15) is 5.10 Å². The molecule has 0 aliphatic rings. The second-order valence-corrected chi connectivity index (χ2v) is 13.0. The lowest BCUT2D eigenvalue weighted by molar-refractivity contribution is -0.384. The molecule has 0 unspecified atom stereocenters. The van der Waals surface area contributed by atoms with E-state index in [0.29, 0.717) is 36.3 Å². The van der Waals surface area contributed by atoms with Gasteiger partial charge in [0.15, 0.2) is 0 Å². The molecule has 2 amide bonds. The fourth-order valence-corrected chi connectivity index (χ4v) is 7.53. The van der Waals surface area contributed by atoms with Gasteiger partial charge in [0.05, 0.1) is 21.2 Å². The topological polar surface area (TPSA) is 140 Å². The molecule has 0 saturated carbocycles. The average Bonchev–Trinajstić information content (AvgIpc) is 3.57. The minimum Gasteiger partial charge on any atom is -0.422 e. The van der Waals surface area contributed by atoms with Crippen molar-refractivity contribution >= 4 is 113 Å². The maximum atomic E-state index is 13.0. The number of hydrogen-bond acceptors (Lipinski definition) is 9. The summed E-state index contributed by atoms with van der Waals surface area (Å²) in [6, 6.07) is 22.0. The zero-order chi connectivity index (χ0) is 33.2. The van der Waals surface area contributed by atoms with Gasteiger partial charge >= 0.3 is 5.97 Å². The van der Waals surface area contributed by atoms with Crippen LogP contribution < -0.4 is 15.5 Å². The molecule has 6 rings (SSSR count). The van der Waals surface area contributed by atoms with E-state index in [2.05, 4.69) is 15.8 Å². The van der Waals surface area contributed by atoms with Crippen molar-refractivity contribution in [1.82, 2.24) is 5.43 Å². The van der Waals surface area contributed by atoms with E-state index < -0.39 is 22.7 Å². The Morgan fingerprint density at radius 1 is 0.809 bits per heavy atom. The number of nitro groups is 1. The Morgan fingerprint density at radius 2 is 1.47 bits per heavy atom. The van der Waals surface area contributed by atoms with Gasteiger partial charge in [-0.05, 0) is 54.6 Å². The van der Waals surface area contributed by atoms with E-state index in [9.17, 15) is 24.5 Å². The number of ether oxygens (including phenoxy) is 1. The molecule has 0 fully saturated rings. The van der Waals surface area contributed by atoms with Crippen LogP contribution in [0.1, 0.15) is 35.3 Å². The number of esters is 1. The highest BCUT2D eigenvalue weighted by molar-refractivity contribution is 7.22. The first-order chi connectivity index (χ1) is 22.6. The number of anilines is 1. The summed E-state index contributed by atoms with van der Waals surface area (Å²) in [7, 11) is 0. The number of carbonyl (C=O) groups is 3. The molecular weight excluding hydrogens is 707 g/mol. The SMILES string of the molecule is O=C(N/N=C\c1ccccc1OC(=O)c1sc2cc([N+](=O)[O-])ccc2c1Cl)c1ccc(NC(=O)c2sc3cc(Cl)ccc3c2Cl)cc1. The number of fused-ring (bicyclic) bond motifs is 2. The summed E-state index contributed by atoms with van der Waals surface area (Å²) in [6.45, 7) is 0. The molecule has 2 heterocycles. The molecule has 2 aromatic heterocycles. The lowest BCUT2D eigenvalue weighted by atomic mass is 10.2. The van der Waals surface area contributed by atoms with Gasteiger partial charge in [-0.3, -0.25) is 19.7 Å². The standard InChI is InChI=1S/C32H17Cl3N4O6S2/c33-18-7-11-21-24(13-18)46-28(26(21)34)31(41)37-19-8-5-16(6-9-19)30(40)38-36-15-17-3-1-2-4-23(17)45-32(42)29-27(35)22-12-10-20(39(43)44)14-25(22)47-29/h1-15H,(H,37,41)(H,38,40)/b36-15-. The molecule has 0 saturated heterocycles. The van der Waals surface area contributed by atoms with E-state index in [4.69, 9.17) is 39.5 Å². The zero-order valence-electron chi connectivity index (χ0n) is 23.5. The number of carbonyl (C=O) groups excluding carboxylic acids is 3. The lowest BCUT2D eigenvalue weighted by Gasteiger charge is -2.07. The normalized spacial score (nSPS) is 11.2. The fourth-order valence-electron chi connectivity index (χ4n) is 4.43. The van der Waals surface area contributed by atoms with Gasteiger partial charge in [0, 0.05) is 54.1 Å². The molecule has 0 radical (unpaired) electrons. The molecular formula is C32H17Cl3N4O6S2. The van der Waals surface area contributed by atoms with Crippen LogP contribution >= 0.6 is 57.5 Å². The Hall–Kier alpha value is -4.85. The summed E-state index contributed by atoms with van der Waals surface area (Å²) < 4.78 is 6.83. The number of non-ortho nitro benzene ring substituents is 1. The van der Waals surface area contributed by atoms with Crippen molar-refractivity contribution < 1.29 is 24.0 Å². The summed E-state index contributed by atoms with van der Waals surface area (Å²) in [5, 5.41) is 20.1. The third kappa shape index (κ3) is 6.82. The summed E-state index contributed by atoms with van der Waals surface area (Å²) in [5.41, 5.74) is 3.40. The predicted molar refractivity (Wildman–Crippen MR) is 186 cm³/mol. The smallest absolute Gasteiger partial charge is 0.355 e. The molecule has 10 nitrogen and oxygen atoms in total. The van der Waals surface area contributed by atoms with Crippen LogP contribution in [0.5, 0.6) is 5.75 Å². The van der Waals surface area contributed by atoms with Gasteiger partial charge in [0.1, 0.15) is 15.5 Å². The van der Waals surface area contributed by atoms with Crippen LogP contribution in [0.4, 0.5) is 11.4 Å². The molecule has 47 heavy (non-hydrogen) atoms. The summed E-state index contributed by atoms with van der Waals surface area (Å²) in [5.74, 6) is -1.52. The highest BCUT2D eigenvalue weighted by Crippen LogP contribution is 2.39. The Morgan fingerprint density at radius 3 is 2.21 bits per heavy atom. The first kappa shape index (κ1) is 32.1. The van der Waals surface area contributed by atoms with Gasteiger partial charge in [0.2, 0.25) is 0 Å². The Balaban J connectivity index is 1.09. The summed E-state index contributed by atoms with van der Waals surface area (Å²) in [4.78, 5) is 49.6. The lowest BCUT2D eigenvalue weighted by Crippen LogP contribution is -2.18. The molecule has 2 N–H and O–H groups in total. The van der Waals surface area contributed by atoms with Crippen molar-refractivity contribution in [3.8, 4) is 5.75 Å². The van der Waals surface area contributed by atoms with Gasteiger partial charge < -0.3 is 10.1 Å². The fraction of sp³-hybridized carbons (Fsp3) is 0. The maximum Gasteiger partial charge on any atom is 0.355 e. The monoisotopic (exact) mass is 722 g/mol. The zero-order valence-corrected chi connectivity index (χ0v) is 27.4. The van der Waals surface area contributed by atoms with Crippen molar-refractivity contribution in [1.29, 1.82) is 0 Å². The Bertz CT molecular complexity index is 2270. The molecule has 234 valence electrons. The number of rotatable bonds is 8. The van der Waals surface area contributed by atoms with Crippen molar-refractivity contribution in [2.45, 2.75) is 0 Å². The minimum absolute atomic E-state index is 0.0821. The van der Waals surface area contributed by atoms with Gasteiger partial charge in [-0.1, -0.05) is 53.0 Å². The van der Waals surface area contributed by atoms with Crippen molar-refractivity contribution in [2.75, 3.05) is 5.32 Å². The maximum absolute atomic E-state index is 13.0. The third-order valence-electron chi connectivity index (χ3n) is 6.70. The molecule has 4 aromatic carbocycles. The van der Waals surface area contributed by atoms with Crippen LogP contribution in [0.3, 0.4) is 0 Å². The van der Waals surface area contributed by atoms with E-state index in [1.807, 2.05) is 0 Å². The number of nitrogens with one attached hydrogen (secondary N) is 2. The number of nitro benzene ring substituents is 1. The molecule has 6 aromatic rings. The van der Waals surface area contributed by atoms with E-state index in [0.717, 1.165) is 21.4 Å². The Labute approximate surface area is 288 Å². The van der Waals surface area contributed by atoms with Crippen LogP contribution in [0.25, 0.3) is 20.2 Å². The first-order valence-corrected chi connectivity index (χ1v) is 16.2. The van der Waals surface area contributed by atoms with Gasteiger partial charge in [-0.15, -0.1) is 22.7 Å². The quantitative estimate of drug-likeness (QED) is 0.0528. The largest absolute Gasteiger partial charge is 0.422 e.